The Labute approximate surface area is 214 Å². The van der Waals surface area contributed by atoms with Crippen LogP contribution in [-0.4, -0.2) is 56.6 Å². The van der Waals surface area contributed by atoms with Gasteiger partial charge in [0.05, 0.1) is 16.1 Å². The molecule has 8 nitrogen and oxygen atoms in total. The lowest BCUT2D eigenvalue weighted by Crippen LogP contribution is -2.46. The van der Waals surface area contributed by atoms with Gasteiger partial charge in [0.2, 0.25) is 10.0 Å². The number of carbonyl (C=O) groups is 1. The fourth-order valence-electron chi connectivity index (χ4n) is 4.22. The Balaban J connectivity index is 1.21. The summed E-state index contributed by atoms with van der Waals surface area (Å²) in [4.78, 5) is 19.5. The molecule has 0 unspecified atom stereocenters. The van der Waals surface area contributed by atoms with E-state index in [2.05, 4.69) is 41.2 Å². The van der Waals surface area contributed by atoms with Crippen LogP contribution >= 0.6 is 15.9 Å². The van der Waals surface area contributed by atoms with Crippen LogP contribution in [0, 0.1) is 6.92 Å². The molecule has 1 aromatic heterocycles. The summed E-state index contributed by atoms with van der Waals surface area (Å²) in [6.07, 6.45) is 1.46. The predicted molar refractivity (Wildman–Crippen MR) is 142 cm³/mol. The largest absolute Gasteiger partial charge is 0.337 e. The zero-order valence-electron chi connectivity index (χ0n) is 19.6. The van der Waals surface area contributed by atoms with E-state index in [-0.39, 0.29) is 17.0 Å². The third-order valence-corrected chi connectivity index (χ3v) is 8.29. The Kier molecular flexibility index (Phi) is 8.38. The van der Waals surface area contributed by atoms with Gasteiger partial charge in [0, 0.05) is 35.5 Å². The summed E-state index contributed by atoms with van der Waals surface area (Å²) in [6.45, 7) is 4.65. The summed E-state index contributed by atoms with van der Waals surface area (Å²) in [5, 5.41) is 7.44. The number of pyridine rings is 1. The molecule has 186 valence electrons. The quantitative estimate of drug-likeness (QED) is 0.362. The van der Waals surface area contributed by atoms with Crippen LogP contribution in [0.1, 0.15) is 24.1 Å². The molecule has 1 aliphatic rings. The van der Waals surface area contributed by atoms with Crippen LogP contribution in [0.5, 0.6) is 0 Å². The summed E-state index contributed by atoms with van der Waals surface area (Å²) in [5.74, 6) is 0. The first-order valence-electron chi connectivity index (χ1n) is 11.6. The monoisotopic (exact) mass is 559 g/mol. The summed E-state index contributed by atoms with van der Waals surface area (Å²) in [5.41, 5.74) is 3.45. The van der Waals surface area contributed by atoms with Gasteiger partial charge in [-0.3, -0.25) is 4.98 Å². The van der Waals surface area contributed by atoms with Gasteiger partial charge in [0.25, 0.3) is 0 Å². The maximum Gasteiger partial charge on any atom is 0.319 e. The molecule has 10 heteroatoms. The van der Waals surface area contributed by atoms with Crippen molar-refractivity contribution in [2.75, 3.05) is 31.5 Å². The van der Waals surface area contributed by atoms with Crippen molar-refractivity contribution in [2.24, 2.45) is 0 Å². The van der Waals surface area contributed by atoms with E-state index in [1.807, 2.05) is 49.4 Å². The normalized spacial score (nSPS) is 15.3. The number of nitrogens with zero attached hydrogens (tertiary/aromatic N) is 2. The lowest BCUT2D eigenvalue weighted by atomic mass is 10.1. The van der Waals surface area contributed by atoms with Gasteiger partial charge in [-0.25, -0.2) is 17.9 Å². The number of nitrogens with one attached hydrogen (secondary N) is 3. The van der Waals surface area contributed by atoms with Crippen molar-refractivity contribution in [3.63, 3.8) is 0 Å². The maximum absolute atomic E-state index is 12.7. The van der Waals surface area contributed by atoms with Crippen molar-refractivity contribution in [2.45, 2.75) is 36.0 Å². The number of carbonyl (C=O) groups excluding carboxylic acids is 1. The van der Waals surface area contributed by atoms with Gasteiger partial charge >= 0.3 is 6.03 Å². The molecule has 0 radical (unpaired) electrons. The molecule has 1 fully saturated rings. The summed E-state index contributed by atoms with van der Waals surface area (Å²) in [7, 11) is -3.53. The minimum Gasteiger partial charge on any atom is -0.337 e. The smallest absolute Gasteiger partial charge is 0.319 e. The highest BCUT2D eigenvalue weighted by Gasteiger charge is 2.24. The van der Waals surface area contributed by atoms with Gasteiger partial charge < -0.3 is 15.5 Å². The number of aromatic nitrogens is 1. The first kappa shape index (κ1) is 25.6. The molecule has 35 heavy (non-hydrogen) atoms. The summed E-state index contributed by atoms with van der Waals surface area (Å²) in [6, 6.07) is 16.1. The number of hydrogen-bond donors (Lipinski definition) is 3. The van der Waals surface area contributed by atoms with Crippen molar-refractivity contribution in [1.29, 1.82) is 0 Å². The fourth-order valence-corrected chi connectivity index (χ4v) is 5.90. The topological polar surface area (TPSA) is 103 Å². The van der Waals surface area contributed by atoms with Crippen LogP contribution < -0.4 is 15.4 Å². The van der Waals surface area contributed by atoms with Crippen LogP contribution in [0.15, 0.2) is 59.5 Å². The Morgan fingerprint density at radius 3 is 2.54 bits per heavy atom. The van der Waals surface area contributed by atoms with Gasteiger partial charge in [0.1, 0.15) is 0 Å². The van der Waals surface area contributed by atoms with Crippen molar-refractivity contribution in [1.82, 2.24) is 19.9 Å². The first-order chi connectivity index (χ1) is 16.8. The minimum absolute atomic E-state index is 0.0911. The number of hydrogen-bond acceptors (Lipinski definition) is 5. The minimum atomic E-state index is -3.53. The van der Waals surface area contributed by atoms with E-state index in [0.29, 0.717) is 18.4 Å². The van der Waals surface area contributed by atoms with Crippen LogP contribution in [-0.2, 0) is 15.4 Å². The van der Waals surface area contributed by atoms with Crippen molar-refractivity contribution in [3.05, 3.63) is 65.9 Å². The van der Waals surface area contributed by atoms with E-state index in [4.69, 9.17) is 0 Å². The molecule has 2 amide bonds. The third-order valence-electron chi connectivity index (χ3n) is 6.10. The zero-order valence-corrected chi connectivity index (χ0v) is 22.0. The number of sulfonamides is 1. The number of amides is 2. The summed E-state index contributed by atoms with van der Waals surface area (Å²) < 4.78 is 28.2. The number of urea groups is 1. The highest BCUT2D eigenvalue weighted by atomic mass is 79.9. The van der Waals surface area contributed by atoms with Crippen LogP contribution in [0.2, 0.25) is 0 Å². The molecule has 3 N–H and O–H groups in total. The van der Waals surface area contributed by atoms with E-state index in [1.165, 1.54) is 0 Å². The molecule has 0 saturated carbocycles. The van der Waals surface area contributed by atoms with Crippen LogP contribution in [0.3, 0.4) is 0 Å². The van der Waals surface area contributed by atoms with Crippen LogP contribution in [0.25, 0.3) is 10.9 Å². The molecule has 0 aliphatic carbocycles. The van der Waals surface area contributed by atoms with Gasteiger partial charge in [-0.1, -0.05) is 46.3 Å². The Morgan fingerprint density at radius 2 is 1.83 bits per heavy atom. The first-order valence-corrected chi connectivity index (χ1v) is 14.3. The van der Waals surface area contributed by atoms with E-state index in [1.54, 1.807) is 12.1 Å². The molecule has 2 heterocycles. The highest BCUT2D eigenvalue weighted by Crippen LogP contribution is 2.22. The molecule has 0 bridgehead atoms. The molecule has 3 aromatic rings. The number of likely N-dealkylation sites (tertiary alicyclic amines) is 1. The molecule has 1 aliphatic heterocycles. The van der Waals surface area contributed by atoms with E-state index in [9.17, 15) is 13.2 Å². The predicted octanol–water partition coefficient (Wildman–Crippen LogP) is 4.00. The Morgan fingerprint density at radius 1 is 1.11 bits per heavy atom. The second kappa shape index (κ2) is 11.5. The molecular weight excluding hydrogens is 530 g/mol. The number of para-hydroxylation sites is 1. The van der Waals surface area contributed by atoms with Gasteiger partial charge in [0.15, 0.2) is 0 Å². The molecule has 0 atom stereocenters. The Hall–Kier alpha value is -2.53. The number of aryl methyl sites for hydroxylation is 1. The molecule has 1 saturated heterocycles. The Bertz CT molecular complexity index is 1280. The van der Waals surface area contributed by atoms with Crippen LogP contribution in [0.4, 0.5) is 10.5 Å². The third kappa shape index (κ3) is 6.78. The van der Waals surface area contributed by atoms with E-state index < -0.39 is 10.0 Å². The highest BCUT2D eigenvalue weighted by molar-refractivity contribution is 9.08. The number of piperidine rings is 1. The summed E-state index contributed by atoms with van der Waals surface area (Å²) >= 11 is 3.37. The molecular formula is C25H30BrN5O3S. The van der Waals surface area contributed by atoms with E-state index >= 15 is 0 Å². The lowest BCUT2D eigenvalue weighted by Gasteiger charge is -2.32. The van der Waals surface area contributed by atoms with Gasteiger partial charge in [-0.05, 0) is 62.7 Å². The number of rotatable bonds is 8. The second-order valence-electron chi connectivity index (χ2n) is 8.72. The zero-order chi connectivity index (χ0) is 24.8. The van der Waals surface area contributed by atoms with Crippen molar-refractivity contribution < 1.29 is 13.2 Å². The van der Waals surface area contributed by atoms with Crippen molar-refractivity contribution >= 4 is 48.6 Å². The van der Waals surface area contributed by atoms with Gasteiger partial charge in [-0.2, -0.15) is 0 Å². The number of fused-ring (bicyclic) bond motifs is 1. The molecule has 4 rings (SSSR count). The van der Waals surface area contributed by atoms with E-state index in [0.717, 1.165) is 53.8 Å². The molecule has 0 spiro atoms. The average molecular weight is 561 g/mol. The SMILES string of the molecule is Cc1cc(NC(=O)NCCN2CCC(NS(=O)(=O)c3ccc(CBr)cc3)CC2)c2ccccc2n1. The second-order valence-corrected chi connectivity index (χ2v) is 11.0. The van der Waals surface area contributed by atoms with Gasteiger partial charge in [-0.15, -0.1) is 0 Å². The standard InChI is InChI=1S/C25H30BrN5O3S/c1-18-16-24(22-4-2-3-5-23(22)28-18)29-25(32)27-12-15-31-13-10-20(11-14-31)30-35(33,34)21-8-6-19(17-26)7-9-21/h2-9,16,20,30H,10-15,17H2,1H3,(H2,27,28,29,32). The fraction of sp³-hybridized carbons (Fsp3) is 0.360. The average Bonchev–Trinajstić information content (AvgIpc) is 2.85. The number of alkyl halides is 1. The number of halogens is 1. The molecule has 2 aromatic carbocycles. The van der Waals surface area contributed by atoms with Crippen molar-refractivity contribution in [3.8, 4) is 0 Å². The number of benzene rings is 2. The lowest BCUT2D eigenvalue weighted by molar-refractivity contribution is 0.206. The number of anilines is 1. The maximum atomic E-state index is 12.7.